The first-order valence-corrected chi connectivity index (χ1v) is 12.2. The summed E-state index contributed by atoms with van der Waals surface area (Å²) in [6.07, 6.45) is 0. The molecule has 2 fully saturated rings. The van der Waals surface area contributed by atoms with E-state index in [9.17, 15) is 9.59 Å². The zero-order valence-electron chi connectivity index (χ0n) is 20.5. The number of rotatable bonds is 8. The molecule has 2 saturated heterocycles. The van der Waals surface area contributed by atoms with Crippen molar-refractivity contribution in [3.63, 3.8) is 0 Å². The molecule has 0 radical (unpaired) electrons. The Bertz CT molecular complexity index is 970. The van der Waals surface area contributed by atoms with Gasteiger partial charge in [-0.25, -0.2) is 0 Å². The molecule has 0 aliphatic carbocycles. The molecule has 188 valence electrons. The summed E-state index contributed by atoms with van der Waals surface area (Å²) in [7, 11) is 1.77. The molecule has 1 atom stereocenters. The van der Waals surface area contributed by atoms with Crippen LogP contribution in [0.15, 0.2) is 48.5 Å². The van der Waals surface area contributed by atoms with E-state index < -0.39 is 6.04 Å². The summed E-state index contributed by atoms with van der Waals surface area (Å²) in [5, 5.41) is 5.86. The summed E-state index contributed by atoms with van der Waals surface area (Å²) in [5.74, 6) is -0.324. The van der Waals surface area contributed by atoms with Crippen LogP contribution in [-0.2, 0) is 19.1 Å². The van der Waals surface area contributed by atoms with Gasteiger partial charge in [0, 0.05) is 48.9 Å². The van der Waals surface area contributed by atoms with Crippen LogP contribution in [0, 0.1) is 0 Å². The predicted molar refractivity (Wildman–Crippen MR) is 138 cm³/mol. The van der Waals surface area contributed by atoms with Crippen LogP contribution >= 0.6 is 0 Å². The van der Waals surface area contributed by atoms with Crippen LogP contribution in [0.25, 0.3) is 0 Å². The quantitative estimate of drug-likeness (QED) is 0.598. The van der Waals surface area contributed by atoms with Gasteiger partial charge in [-0.15, -0.1) is 0 Å². The standard InChI is InChI=1S/C26H35N5O4/c1-20(26(33)28-22-5-9-24(10-6-22)31-13-17-35-18-14-31)29(2)19-25(32)27-21-3-7-23(8-4-21)30-11-15-34-16-12-30/h3-10,20H,11-19H2,1-2H3,(H,27,32)(H,28,33). The van der Waals surface area contributed by atoms with Crippen molar-refractivity contribution in [1.82, 2.24) is 4.90 Å². The van der Waals surface area contributed by atoms with E-state index in [2.05, 4.69) is 20.4 Å². The van der Waals surface area contributed by atoms with Crippen molar-refractivity contribution in [2.75, 3.05) is 86.6 Å². The van der Waals surface area contributed by atoms with Gasteiger partial charge in [0.05, 0.1) is 39.0 Å². The smallest absolute Gasteiger partial charge is 0.241 e. The minimum absolute atomic E-state index is 0.107. The summed E-state index contributed by atoms with van der Waals surface area (Å²) in [5.41, 5.74) is 3.70. The molecule has 4 rings (SSSR count). The lowest BCUT2D eigenvalue weighted by Gasteiger charge is -2.29. The van der Waals surface area contributed by atoms with Crippen molar-refractivity contribution in [1.29, 1.82) is 0 Å². The molecule has 2 aliphatic heterocycles. The largest absolute Gasteiger partial charge is 0.378 e. The van der Waals surface area contributed by atoms with E-state index in [-0.39, 0.29) is 18.4 Å². The molecule has 9 heteroatoms. The van der Waals surface area contributed by atoms with Crippen LogP contribution < -0.4 is 20.4 Å². The average Bonchev–Trinajstić information content (AvgIpc) is 2.90. The third-order valence-corrected chi connectivity index (χ3v) is 6.47. The van der Waals surface area contributed by atoms with E-state index in [4.69, 9.17) is 9.47 Å². The molecule has 9 nitrogen and oxygen atoms in total. The summed E-state index contributed by atoms with van der Waals surface area (Å²) in [6, 6.07) is 15.2. The predicted octanol–water partition coefficient (Wildman–Crippen LogP) is 2.26. The number of anilines is 4. The molecule has 0 aromatic heterocycles. The van der Waals surface area contributed by atoms with Gasteiger partial charge in [0.1, 0.15) is 0 Å². The third kappa shape index (κ3) is 6.94. The Balaban J connectivity index is 1.23. The van der Waals surface area contributed by atoms with Crippen molar-refractivity contribution < 1.29 is 19.1 Å². The third-order valence-electron chi connectivity index (χ3n) is 6.47. The lowest BCUT2D eigenvalue weighted by Crippen LogP contribution is -2.43. The van der Waals surface area contributed by atoms with Gasteiger partial charge in [0.2, 0.25) is 11.8 Å². The SMILES string of the molecule is CC(C(=O)Nc1ccc(N2CCOCC2)cc1)N(C)CC(=O)Nc1ccc(N2CCOCC2)cc1. The molecule has 0 spiro atoms. The van der Waals surface area contributed by atoms with E-state index in [1.807, 2.05) is 48.5 Å². The second-order valence-corrected chi connectivity index (χ2v) is 8.92. The van der Waals surface area contributed by atoms with Crippen molar-refractivity contribution >= 4 is 34.6 Å². The number of carbonyl (C=O) groups is 2. The maximum Gasteiger partial charge on any atom is 0.241 e. The Kier molecular flexibility index (Phi) is 8.57. The summed E-state index contributed by atoms with van der Waals surface area (Å²) in [6.45, 7) is 8.31. The van der Waals surface area contributed by atoms with Gasteiger partial charge in [0.25, 0.3) is 0 Å². The number of likely N-dealkylation sites (N-methyl/N-ethyl adjacent to an activating group) is 1. The van der Waals surface area contributed by atoms with Crippen LogP contribution in [0.2, 0.25) is 0 Å². The van der Waals surface area contributed by atoms with Crippen molar-refractivity contribution in [2.45, 2.75) is 13.0 Å². The van der Waals surface area contributed by atoms with Crippen molar-refractivity contribution in [2.24, 2.45) is 0 Å². The van der Waals surface area contributed by atoms with Crippen LogP contribution in [0.5, 0.6) is 0 Å². The van der Waals surface area contributed by atoms with E-state index in [1.165, 1.54) is 0 Å². The van der Waals surface area contributed by atoms with Gasteiger partial charge < -0.3 is 29.9 Å². The zero-order chi connectivity index (χ0) is 24.6. The number of nitrogens with zero attached hydrogens (tertiary/aromatic N) is 3. The summed E-state index contributed by atoms with van der Waals surface area (Å²) >= 11 is 0. The second-order valence-electron chi connectivity index (χ2n) is 8.92. The molecule has 2 aliphatic rings. The van der Waals surface area contributed by atoms with Crippen molar-refractivity contribution in [3.8, 4) is 0 Å². The fraction of sp³-hybridized carbons (Fsp3) is 0.462. The second kappa shape index (κ2) is 12.0. The van der Waals surface area contributed by atoms with Crippen LogP contribution in [0.4, 0.5) is 22.7 Å². The molecule has 35 heavy (non-hydrogen) atoms. The Morgan fingerprint density at radius 1 is 0.800 bits per heavy atom. The normalized spacial score (nSPS) is 17.2. The number of nitrogens with one attached hydrogen (secondary N) is 2. The molecular formula is C26H35N5O4. The van der Waals surface area contributed by atoms with Crippen molar-refractivity contribution in [3.05, 3.63) is 48.5 Å². The maximum absolute atomic E-state index is 12.7. The van der Waals surface area contributed by atoms with Gasteiger partial charge >= 0.3 is 0 Å². The average molecular weight is 482 g/mol. The van der Waals surface area contributed by atoms with E-state index >= 15 is 0 Å². The number of amides is 2. The first-order valence-electron chi connectivity index (χ1n) is 12.2. The highest BCUT2D eigenvalue weighted by Gasteiger charge is 2.21. The maximum atomic E-state index is 12.7. The molecule has 2 N–H and O–H groups in total. The molecule has 2 aromatic rings. The van der Waals surface area contributed by atoms with E-state index in [1.54, 1.807) is 18.9 Å². The molecular weight excluding hydrogens is 446 g/mol. The van der Waals surface area contributed by atoms with Crippen LogP contribution in [0.1, 0.15) is 6.92 Å². The molecule has 1 unspecified atom stereocenters. The fourth-order valence-electron chi connectivity index (χ4n) is 4.17. The first-order chi connectivity index (χ1) is 17.0. The number of benzene rings is 2. The lowest BCUT2D eigenvalue weighted by atomic mass is 10.2. The first kappa shape index (κ1) is 25.0. The Hall–Kier alpha value is -3.14. The summed E-state index contributed by atoms with van der Waals surface area (Å²) < 4.78 is 10.8. The van der Waals surface area contributed by atoms with Gasteiger partial charge in [-0.1, -0.05) is 0 Å². The van der Waals surface area contributed by atoms with Gasteiger partial charge in [-0.05, 0) is 62.5 Å². The molecule has 2 aromatic carbocycles. The van der Waals surface area contributed by atoms with E-state index in [0.717, 1.165) is 75.4 Å². The molecule has 2 heterocycles. The number of morpholine rings is 2. The minimum Gasteiger partial charge on any atom is -0.378 e. The Labute approximate surface area is 207 Å². The monoisotopic (exact) mass is 481 g/mol. The highest BCUT2D eigenvalue weighted by Crippen LogP contribution is 2.20. The topological polar surface area (TPSA) is 86.4 Å². The van der Waals surface area contributed by atoms with Gasteiger partial charge in [-0.2, -0.15) is 0 Å². The highest BCUT2D eigenvalue weighted by atomic mass is 16.5. The van der Waals surface area contributed by atoms with Crippen LogP contribution in [-0.4, -0.2) is 89.0 Å². The number of hydrogen-bond acceptors (Lipinski definition) is 7. The molecule has 0 bridgehead atoms. The van der Waals surface area contributed by atoms with E-state index in [0.29, 0.717) is 0 Å². The molecule has 0 saturated carbocycles. The number of ether oxygens (including phenoxy) is 2. The highest BCUT2D eigenvalue weighted by molar-refractivity contribution is 5.96. The zero-order valence-corrected chi connectivity index (χ0v) is 20.5. The lowest BCUT2D eigenvalue weighted by molar-refractivity contribution is -0.122. The van der Waals surface area contributed by atoms with Crippen LogP contribution in [0.3, 0.4) is 0 Å². The molecule has 2 amide bonds. The summed E-state index contributed by atoms with van der Waals surface area (Å²) in [4.78, 5) is 31.6. The number of hydrogen-bond donors (Lipinski definition) is 2. The minimum atomic E-state index is -0.469. The van der Waals surface area contributed by atoms with Gasteiger partial charge in [0.15, 0.2) is 0 Å². The fourth-order valence-corrected chi connectivity index (χ4v) is 4.17. The number of carbonyl (C=O) groups excluding carboxylic acids is 2. The van der Waals surface area contributed by atoms with Gasteiger partial charge in [-0.3, -0.25) is 14.5 Å². The Morgan fingerprint density at radius 3 is 1.69 bits per heavy atom. The Morgan fingerprint density at radius 2 is 1.23 bits per heavy atom.